The standard InChI is InChI=1S/C9H11N3O5/c1-10-7(13)4-12(2)8(14)5-3-6(9(15)16)17-11-5/h3H,4H2,1-2H3,(H,10,13)(H,15,16). The van der Waals surface area contributed by atoms with Crippen molar-refractivity contribution in [3.05, 3.63) is 17.5 Å². The van der Waals surface area contributed by atoms with E-state index in [0.29, 0.717) is 0 Å². The maximum absolute atomic E-state index is 11.7. The number of aromatic carboxylic acids is 1. The summed E-state index contributed by atoms with van der Waals surface area (Å²) in [4.78, 5) is 34.3. The van der Waals surface area contributed by atoms with E-state index >= 15 is 0 Å². The van der Waals surface area contributed by atoms with E-state index in [1.54, 1.807) is 0 Å². The molecule has 1 aromatic rings. The third kappa shape index (κ3) is 3.03. The fourth-order valence-corrected chi connectivity index (χ4v) is 1.04. The van der Waals surface area contributed by atoms with Gasteiger partial charge in [0.05, 0.1) is 6.54 Å². The lowest BCUT2D eigenvalue weighted by atomic mass is 10.3. The topological polar surface area (TPSA) is 113 Å². The minimum Gasteiger partial charge on any atom is -0.475 e. The van der Waals surface area contributed by atoms with Crippen LogP contribution in [-0.4, -0.2) is 53.6 Å². The maximum Gasteiger partial charge on any atom is 0.374 e. The molecule has 0 spiro atoms. The third-order valence-electron chi connectivity index (χ3n) is 1.95. The number of hydrogen-bond acceptors (Lipinski definition) is 5. The van der Waals surface area contributed by atoms with Gasteiger partial charge in [0.15, 0.2) is 5.69 Å². The summed E-state index contributed by atoms with van der Waals surface area (Å²) in [5, 5.41) is 14.2. The van der Waals surface area contributed by atoms with Gasteiger partial charge in [0.2, 0.25) is 11.7 Å². The van der Waals surface area contributed by atoms with Crippen molar-refractivity contribution in [3.63, 3.8) is 0 Å². The number of nitrogens with zero attached hydrogens (tertiary/aromatic N) is 2. The number of amides is 2. The number of carboxylic acids is 1. The van der Waals surface area contributed by atoms with E-state index in [2.05, 4.69) is 15.0 Å². The molecule has 0 aliphatic heterocycles. The Kier molecular flexibility index (Phi) is 3.81. The van der Waals surface area contributed by atoms with Gasteiger partial charge in [-0.25, -0.2) is 4.79 Å². The Morgan fingerprint density at radius 3 is 2.65 bits per heavy atom. The summed E-state index contributed by atoms with van der Waals surface area (Å²) < 4.78 is 4.43. The van der Waals surface area contributed by atoms with E-state index < -0.39 is 17.6 Å². The first kappa shape index (κ1) is 12.7. The zero-order chi connectivity index (χ0) is 13.0. The van der Waals surface area contributed by atoms with E-state index in [-0.39, 0.29) is 18.1 Å². The average Bonchev–Trinajstić information content (AvgIpc) is 2.77. The predicted octanol–water partition coefficient (Wildman–Crippen LogP) is -0.809. The van der Waals surface area contributed by atoms with Crippen LogP contribution in [0.5, 0.6) is 0 Å². The first-order chi connectivity index (χ1) is 7.95. The highest BCUT2D eigenvalue weighted by molar-refractivity contribution is 5.96. The van der Waals surface area contributed by atoms with Crippen LogP contribution in [0.4, 0.5) is 0 Å². The van der Waals surface area contributed by atoms with E-state index in [1.807, 2.05) is 0 Å². The summed E-state index contributed by atoms with van der Waals surface area (Å²) in [6.45, 7) is -0.148. The second-order valence-electron chi connectivity index (χ2n) is 3.22. The molecule has 0 aliphatic carbocycles. The van der Waals surface area contributed by atoms with E-state index in [1.165, 1.54) is 14.1 Å². The van der Waals surface area contributed by atoms with E-state index in [4.69, 9.17) is 5.11 Å². The molecule has 17 heavy (non-hydrogen) atoms. The second kappa shape index (κ2) is 5.10. The predicted molar refractivity (Wildman–Crippen MR) is 54.5 cm³/mol. The summed E-state index contributed by atoms with van der Waals surface area (Å²) in [5.41, 5.74) is -0.159. The Balaban J connectivity index is 2.74. The number of hydrogen-bond donors (Lipinski definition) is 2. The van der Waals surface area contributed by atoms with Crippen molar-refractivity contribution in [1.29, 1.82) is 0 Å². The van der Waals surface area contributed by atoms with E-state index in [9.17, 15) is 14.4 Å². The summed E-state index contributed by atoms with van der Waals surface area (Å²) in [7, 11) is 2.84. The Morgan fingerprint density at radius 2 is 2.18 bits per heavy atom. The van der Waals surface area contributed by atoms with Gasteiger partial charge in [0, 0.05) is 20.2 Å². The molecule has 8 heteroatoms. The van der Waals surface area contributed by atoms with Crippen molar-refractivity contribution in [2.75, 3.05) is 20.6 Å². The van der Waals surface area contributed by atoms with E-state index in [0.717, 1.165) is 11.0 Å². The summed E-state index contributed by atoms with van der Waals surface area (Å²) in [5.74, 6) is -2.68. The molecule has 0 fully saturated rings. The number of carbonyl (C=O) groups is 3. The van der Waals surface area contributed by atoms with Gasteiger partial charge in [0.1, 0.15) is 0 Å². The molecular weight excluding hydrogens is 230 g/mol. The normalized spacial score (nSPS) is 9.76. The number of likely N-dealkylation sites (N-methyl/N-ethyl adjacent to an activating group) is 2. The third-order valence-corrected chi connectivity index (χ3v) is 1.95. The van der Waals surface area contributed by atoms with Crippen molar-refractivity contribution >= 4 is 17.8 Å². The zero-order valence-electron chi connectivity index (χ0n) is 9.26. The molecule has 2 amide bonds. The van der Waals surface area contributed by atoms with Crippen molar-refractivity contribution in [2.24, 2.45) is 0 Å². The molecule has 1 rings (SSSR count). The van der Waals surface area contributed by atoms with Crippen molar-refractivity contribution < 1.29 is 24.0 Å². The lowest BCUT2D eigenvalue weighted by Crippen LogP contribution is -2.37. The number of aromatic nitrogens is 1. The van der Waals surface area contributed by atoms with Crippen LogP contribution in [0, 0.1) is 0 Å². The minimum absolute atomic E-state index is 0.148. The van der Waals surface area contributed by atoms with Crippen molar-refractivity contribution in [3.8, 4) is 0 Å². The Labute approximate surface area is 96.2 Å². The van der Waals surface area contributed by atoms with Crippen molar-refractivity contribution in [2.45, 2.75) is 0 Å². The van der Waals surface area contributed by atoms with Crippen LogP contribution >= 0.6 is 0 Å². The number of nitrogens with one attached hydrogen (secondary N) is 1. The zero-order valence-corrected chi connectivity index (χ0v) is 9.26. The molecule has 92 valence electrons. The number of rotatable bonds is 4. The highest BCUT2D eigenvalue weighted by atomic mass is 16.5. The van der Waals surface area contributed by atoms with Gasteiger partial charge in [-0.15, -0.1) is 0 Å². The molecule has 0 saturated carbocycles. The Morgan fingerprint density at radius 1 is 1.53 bits per heavy atom. The number of carbonyl (C=O) groups excluding carboxylic acids is 2. The van der Waals surface area contributed by atoms with Crippen molar-refractivity contribution in [1.82, 2.24) is 15.4 Å². The van der Waals surface area contributed by atoms with Gasteiger partial charge in [0.25, 0.3) is 5.91 Å². The molecule has 8 nitrogen and oxygen atoms in total. The lowest BCUT2D eigenvalue weighted by molar-refractivity contribution is -0.121. The van der Waals surface area contributed by atoms with Crippen LogP contribution in [-0.2, 0) is 4.79 Å². The molecular formula is C9H11N3O5. The van der Waals surface area contributed by atoms with Gasteiger partial charge in [-0.05, 0) is 0 Å². The molecule has 0 unspecified atom stereocenters. The van der Waals surface area contributed by atoms with Gasteiger partial charge >= 0.3 is 5.97 Å². The largest absolute Gasteiger partial charge is 0.475 e. The summed E-state index contributed by atoms with van der Waals surface area (Å²) in [6, 6.07) is 1.00. The van der Waals surface area contributed by atoms with Crippen LogP contribution in [0.25, 0.3) is 0 Å². The molecule has 0 aromatic carbocycles. The van der Waals surface area contributed by atoms with Crippen LogP contribution in [0.1, 0.15) is 21.0 Å². The SMILES string of the molecule is CNC(=O)CN(C)C(=O)c1cc(C(=O)O)on1. The molecule has 2 N–H and O–H groups in total. The smallest absolute Gasteiger partial charge is 0.374 e. The van der Waals surface area contributed by atoms with Crippen LogP contribution in [0.2, 0.25) is 0 Å². The molecule has 0 radical (unpaired) electrons. The van der Waals surface area contributed by atoms with Gasteiger partial charge in [-0.2, -0.15) is 0 Å². The van der Waals surface area contributed by atoms with Crippen LogP contribution in [0.15, 0.2) is 10.6 Å². The minimum atomic E-state index is -1.31. The maximum atomic E-state index is 11.7. The first-order valence-corrected chi connectivity index (χ1v) is 4.61. The van der Waals surface area contributed by atoms with Crippen LogP contribution < -0.4 is 5.32 Å². The summed E-state index contributed by atoms with van der Waals surface area (Å²) >= 11 is 0. The summed E-state index contributed by atoms with van der Waals surface area (Å²) in [6.07, 6.45) is 0. The lowest BCUT2D eigenvalue weighted by Gasteiger charge is -2.13. The Hall–Kier alpha value is -2.38. The van der Waals surface area contributed by atoms with Gasteiger partial charge < -0.3 is 19.8 Å². The molecule has 0 saturated heterocycles. The van der Waals surface area contributed by atoms with Gasteiger partial charge in [-0.1, -0.05) is 5.16 Å². The molecule has 0 bridgehead atoms. The fraction of sp³-hybridized carbons (Fsp3) is 0.333. The number of carboxylic acid groups (broad SMARTS) is 1. The highest BCUT2D eigenvalue weighted by Gasteiger charge is 2.20. The second-order valence-corrected chi connectivity index (χ2v) is 3.22. The highest BCUT2D eigenvalue weighted by Crippen LogP contribution is 2.05. The first-order valence-electron chi connectivity index (χ1n) is 4.61. The quantitative estimate of drug-likeness (QED) is 0.712. The average molecular weight is 241 g/mol. The fourth-order valence-electron chi connectivity index (χ4n) is 1.04. The molecule has 0 aliphatic rings. The Bertz CT molecular complexity index is 453. The monoisotopic (exact) mass is 241 g/mol. The van der Waals surface area contributed by atoms with Crippen LogP contribution in [0.3, 0.4) is 0 Å². The molecule has 1 aromatic heterocycles. The molecule has 0 atom stereocenters. The molecule has 1 heterocycles. The van der Waals surface area contributed by atoms with Gasteiger partial charge in [-0.3, -0.25) is 9.59 Å².